The molecule has 4 nitrogen and oxygen atoms in total. The van der Waals surface area contributed by atoms with Gasteiger partial charge in [-0.3, -0.25) is 4.79 Å². The Morgan fingerprint density at radius 1 is 1.18 bits per heavy atom. The van der Waals surface area contributed by atoms with Gasteiger partial charge >= 0.3 is 0 Å². The molecule has 1 saturated carbocycles. The van der Waals surface area contributed by atoms with Crippen molar-refractivity contribution in [3.63, 3.8) is 0 Å². The van der Waals surface area contributed by atoms with Gasteiger partial charge in [0.15, 0.2) is 0 Å². The molecule has 144 valence electrons. The number of halogens is 1. The van der Waals surface area contributed by atoms with E-state index >= 15 is 0 Å². The normalized spacial score (nSPS) is 14.9. The van der Waals surface area contributed by atoms with Gasteiger partial charge in [-0.15, -0.1) is 0 Å². The summed E-state index contributed by atoms with van der Waals surface area (Å²) in [6.45, 7) is 0.347. The van der Waals surface area contributed by atoms with E-state index in [4.69, 9.17) is 16.3 Å². The zero-order chi connectivity index (χ0) is 19.8. The maximum atomic E-state index is 12.4. The SMILES string of the molecule is N#C/C(=C\c1cccc(OCc2ccccc2Cl)c1)C(=O)NC1CCCCC1. The van der Waals surface area contributed by atoms with E-state index in [0.717, 1.165) is 36.8 Å². The number of rotatable bonds is 6. The van der Waals surface area contributed by atoms with Gasteiger partial charge in [0.2, 0.25) is 0 Å². The lowest BCUT2D eigenvalue weighted by atomic mass is 9.95. The molecule has 0 spiro atoms. The number of amides is 1. The van der Waals surface area contributed by atoms with Gasteiger partial charge in [-0.05, 0) is 42.7 Å². The Hall–Kier alpha value is -2.77. The molecule has 2 aromatic rings. The second-order valence-corrected chi connectivity index (χ2v) is 7.34. The zero-order valence-corrected chi connectivity index (χ0v) is 16.4. The maximum Gasteiger partial charge on any atom is 0.262 e. The molecule has 0 saturated heterocycles. The molecule has 0 heterocycles. The molecule has 0 aromatic heterocycles. The molecule has 1 aliphatic carbocycles. The zero-order valence-electron chi connectivity index (χ0n) is 15.7. The van der Waals surface area contributed by atoms with Gasteiger partial charge in [-0.1, -0.05) is 61.2 Å². The highest BCUT2D eigenvalue weighted by Gasteiger charge is 2.18. The van der Waals surface area contributed by atoms with Crippen LogP contribution in [0.4, 0.5) is 0 Å². The third-order valence-corrected chi connectivity index (χ3v) is 5.20. The second kappa shape index (κ2) is 9.96. The molecule has 0 unspecified atom stereocenters. The molecule has 0 bridgehead atoms. The first-order chi connectivity index (χ1) is 13.7. The summed E-state index contributed by atoms with van der Waals surface area (Å²) < 4.78 is 5.81. The predicted octanol–water partition coefficient (Wildman–Crippen LogP) is 5.27. The fourth-order valence-electron chi connectivity index (χ4n) is 3.30. The van der Waals surface area contributed by atoms with Crippen molar-refractivity contribution in [1.29, 1.82) is 5.26 Å². The standard InChI is InChI=1S/C23H23ClN2O2/c24-22-12-5-4-8-18(22)16-28-21-11-6-7-17(14-21)13-19(15-25)23(27)26-20-9-2-1-3-10-20/h4-8,11-14,20H,1-3,9-10,16H2,(H,26,27)/b19-13+. The third kappa shape index (κ3) is 5.61. The first-order valence-corrected chi connectivity index (χ1v) is 9.92. The van der Waals surface area contributed by atoms with Crippen molar-refractivity contribution in [1.82, 2.24) is 5.32 Å². The number of carbonyl (C=O) groups is 1. The fourth-order valence-corrected chi connectivity index (χ4v) is 3.49. The van der Waals surface area contributed by atoms with Crippen molar-refractivity contribution < 1.29 is 9.53 Å². The summed E-state index contributed by atoms with van der Waals surface area (Å²) in [5, 5.41) is 13.1. The molecular weight excluding hydrogens is 372 g/mol. The number of nitrogens with one attached hydrogen (secondary N) is 1. The van der Waals surface area contributed by atoms with Crippen LogP contribution in [0.1, 0.15) is 43.2 Å². The number of hydrogen-bond donors (Lipinski definition) is 1. The molecule has 2 aromatic carbocycles. The average molecular weight is 395 g/mol. The van der Waals surface area contributed by atoms with Gasteiger partial charge in [0.05, 0.1) is 0 Å². The first-order valence-electron chi connectivity index (χ1n) is 9.54. The third-order valence-electron chi connectivity index (χ3n) is 4.83. The van der Waals surface area contributed by atoms with Crippen molar-refractivity contribution in [3.8, 4) is 11.8 Å². The number of hydrogen-bond acceptors (Lipinski definition) is 3. The highest BCUT2D eigenvalue weighted by Crippen LogP contribution is 2.21. The molecule has 3 rings (SSSR count). The monoisotopic (exact) mass is 394 g/mol. The van der Waals surface area contributed by atoms with E-state index in [1.165, 1.54) is 6.42 Å². The van der Waals surface area contributed by atoms with Crippen molar-refractivity contribution in [2.45, 2.75) is 44.8 Å². The van der Waals surface area contributed by atoms with E-state index in [1.807, 2.05) is 54.6 Å². The molecule has 0 aliphatic heterocycles. The average Bonchev–Trinajstić information content (AvgIpc) is 2.72. The topological polar surface area (TPSA) is 62.1 Å². The van der Waals surface area contributed by atoms with Gasteiger partial charge < -0.3 is 10.1 Å². The Morgan fingerprint density at radius 3 is 2.71 bits per heavy atom. The van der Waals surface area contributed by atoms with Gasteiger partial charge in [-0.2, -0.15) is 5.26 Å². The molecule has 28 heavy (non-hydrogen) atoms. The Kier molecular flexibility index (Phi) is 7.11. The van der Waals surface area contributed by atoms with Crippen molar-refractivity contribution >= 4 is 23.6 Å². The largest absolute Gasteiger partial charge is 0.489 e. The van der Waals surface area contributed by atoms with E-state index in [-0.39, 0.29) is 17.5 Å². The predicted molar refractivity (Wildman–Crippen MR) is 111 cm³/mol. The fraction of sp³-hybridized carbons (Fsp3) is 0.304. The highest BCUT2D eigenvalue weighted by molar-refractivity contribution is 6.31. The maximum absolute atomic E-state index is 12.4. The highest BCUT2D eigenvalue weighted by atomic mass is 35.5. The second-order valence-electron chi connectivity index (χ2n) is 6.93. The number of nitriles is 1. The Balaban J connectivity index is 1.66. The summed E-state index contributed by atoms with van der Waals surface area (Å²) in [5.74, 6) is 0.343. The molecule has 0 atom stereocenters. The minimum absolute atomic E-state index is 0.105. The van der Waals surface area contributed by atoms with Crippen molar-refractivity contribution in [2.75, 3.05) is 0 Å². The number of carbonyl (C=O) groups excluding carboxylic acids is 1. The van der Waals surface area contributed by atoms with Crippen LogP contribution in [0.5, 0.6) is 5.75 Å². The first kappa shape index (κ1) is 20.0. The molecule has 1 aliphatic rings. The van der Waals surface area contributed by atoms with Crippen LogP contribution < -0.4 is 10.1 Å². The Morgan fingerprint density at radius 2 is 1.96 bits per heavy atom. The number of nitrogens with zero attached hydrogens (tertiary/aromatic N) is 1. The number of ether oxygens (including phenoxy) is 1. The van der Waals surface area contributed by atoms with Crippen LogP contribution in [0.3, 0.4) is 0 Å². The van der Waals surface area contributed by atoms with Gasteiger partial charge in [0, 0.05) is 16.6 Å². The van der Waals surface area contributed by atoms with E-state index in [9.17, 15) is 10.1 Å². The summed E-state index contributed by atoms with van der Waals surface area (Å²) in [5.41, 5.74) is 1.75. The van der Waals surface area contributed by atoms with Crippen LogP contribution in [0, 0.1) is 11.3 Å². The van der Waals surface area contributed by atoms with Crippen LogP contribution in [-0.2, 0) is 11.4 Å². The van der Waals surface area contributed by atoms with Gasteiger partial charge in [0.25, 0.3) is 5.91 Å². The van der Waals surface area contributed by atoms with Gasteiger partial charge in [0.1, 0.15) is 24.0 Å². The van der Waals surface area contributed by atoms with E-state index in [0.29, 0.717) is 17.4 Å². The van der Waals surface area contributed by atoms with Crippen molar-refractivity contribution in [3.05, 3.63) is 70.3 Å². The Labute approximate surface area is 170 Å². The molecule has 1 amide bonds. The van der Waals surface area contributed by atoms with Crippen LogP contribution in [0.15, 0.2) is 54.1 Å². The number of benzene rings is 2. The lowest BCUT2D eigenvalue weighted by Gasteiger charge is -2.22. The van der Waals surface area contributed by atoms with E-state index < -0.39 is 0 Å². The molecule has 1 fully saturated rings. The van der Waals surface area contributed by atoms with Crippen molar-refractivity contribution in [2.24, 2.45) is 0 Å². The molecule has 0 radical (unpaired) electrons. The minimum atomic E-state index is -0.309. The van der Waals surface area contributed by atoms with Crippen LogP contribution in [-0.4, -0.2) is 11.9 Å². The smallest absolute Gasteiger partial charge is 0.262 e. The molecule has 1 N–H and O–H groups in total. The summed E-state index contributed by atoms with van der Waals surface area (Å²) in [6.07, 6.45) is 7.03. The van der Waals surface area contributed by atoms with Crippen LogP contribution in [0.25, 0.3) is 6.08 Å². The Bertz CT molecular complexity index is 895. The summed E-state index contributed by atoms with van der Waals surface area (Å²) >= 11 is 6.15. The van der Waals surface area contributed by atoms with E-state index in [2.05, 4.69) is 5.32 Å². The lowest BCUT2D eigenvalue weighted by molar-refractivity contribution is -0.117. The summed E-state index contributed by atoms with van der Waals surface area (Å²) in [6, 6.07) is 17.0. The summed E-state index contributed by atoms with van der Waals surface area (Å²) in [4.78, 5) is 12.4. The molecule has 5 heteroatoms. The minimum Gasteiger partial charge on any atom is -0.489 e. The summed E-state index contributed by atoms with van der Waals surface area (Å²) in [7, 11) is 0. The quantitative estimate of drug-likeness (QED) is 0.535. The van der Waals surface area contributed by atoms with E-state index in [1.54, 1.807) is 6.08 Å². The molecular formula is C23H23ClN2O2. The van der Waals surface area contributed by atoms with Crippen LogP contribution in [0.2, 0.25) is 5.02 Å². The van der Waals surface area contributed by atoms with Crippen LogP contribution >= 0.6 is 11.6 Å². The lowest BCUT2D eigenvalue weighted by Crippen LogP contribution is -2.36. The van der Waals surface area contributed by atoms with Gasteiger partial charge in [-0.25, -0.2) is 0 Å².